The smallest absolute Gasteiger partial charge is 0.161 e. The molecule has 0 heterocycles. The lowest BCUT2D eigenvalue weighted by Crippen LogP contribution is -2.10. The first-order valence-electron chi connectivity index (χ1n) is 6.35. The maximum atomic E-state index is 5.41. The fraction of sp³-hybridized carbons (Fsp3) is 0.188. The molecule has 2 aromatic carbocycles. The lowest BCUT2D eigenvalue weighted by molar-refractivity contribution is 0.355. The van der Waals surface area contributed by atoms with Crippen LogP contribution in [0, 0.1) is 0 Å². The van der Waals surface area contributed by atoms with Crippen molar-refractivity contribution < 1.29 is 14.2 Å². The van der Waals surface area contributed by atoms with E-state index >= 15 is 0 Å². The number of nitrogens with one attached hydrogen (secondary N) is 1. The number of anilines is 1. The Balaban J connectivity index is 2.15. The zero-order valence-corrected chi connectivity index (χ0v) is 13.0. The van der Waals surface area contributed by atoms with Gasteiger partial charge in [0.25, 0.3) is 0 Å². The van der Waals surface area contributed by atoms with E-state index in [-0.39, 0.29) is 0 Å². The first-order valence-corrected chi connectivity index (χ1v) is 6.76. The van der Waals surface area contributed by atoms with Crippen LogP contribution in [0.3, 0.4) is 0 Å². The summed E-state index contributed by atoms with van der Waals surface area (Å²) >= 11 is 5.41. The highest BCUT2D eigenvalue weighted by molar-refractivity contribution is 7.81. The molecule has 0 aliphatic heterocycles. The Morgan fingerprint density at radius 2 is 1.52 bits per heavy atom. The zero-order valence-electron chi connectivity index (χ0n) is 12.2. The molecule has 21 heavy (non-hydrogen) atoms. The van der Waals surface area contributed by atoms with E-state index in [2.05, 4.69) is 5.32 Å². The number of ether oxygens (including phenoxy) is 3. The van der Waals surface area contributed by atoms with Gasteiger partial charge in [-0.25, -0.2) is 0 Å². The van der Waals surface area contributed by atoms with E-state index in [0.29, 0.717) is 16.5 Å². The molecule has 2 rings (SSSR count). The van der Waals surface area contributed by atoms with E-state index in [9.17, 15) is 0 Å². The largest absolute Gasteiger partial charge is 0.497 e. The number of thiocarbonyl (C=S) groups is 1. The predicted octanol–water partition coefficient (Wildman–Crippen LogP) is 3.50. The van der Waals surface area contributed by atoms with E-state index in [1.165, 1.54) is 0 Å². The molecular formula is C16H17NO3S. The fourth-order valence-electron chi connectivity index (χ4n) is 1.86. The maximum Gasteiger partial charge on any atom is 0.161 e. The van der Waals surface area contributed by atoms with Crippen LogP contribution in [0.2, 0.25) is 0 Å². The third-order valence-corrected chi connectivity index (χ3v) is 3.33. The van der Waals surface area contributed by atoms with E-state index < -0.39 is 0 Å². The quantitative estimate of drug-likeness (QED) is 0.856. The van der Waals surface area contributed by atoms with Gasteiger partial charge in [-0.15, -0.1) is 0 Å². The standard InChI is InChI=1S/C16H17NO3S/c1-18-13-7-5-12(6-8-13)17-16(21)11-4-9-14(19-2)15(10-11)20-3/h4-10H,1-3H3,(H,17,21). The van der Waals surface area contributed by atoms with Crippen molar-refractivity contribution in [3.63, 3.8) is 0 Å². The average molecular weight is 303 g/mol. The van der Waals surface area contributed by atoms with Gasteiger partial charge in [-0.2, -0.15) is 0 Å². The molecule has 0 amide bonds. The molecule has 0 fully saturated rings. The van der Waals surface area contributed by atoms with Gasteiger partial charge in [0.05, 0.1) is 21.3 Å². The Bertz CT molecular complexity index is 626. The summed E-state index contributed by atoms with van der Waals surface area (Å²) in [6, 6.07) is 13.1. The highest BCUT2D eigenvalue weighted by atomic mass is 32.1. The van der Waals surface area contributed by atoms with E-state index in [1.807, 2.05) is 42.5 Å². The van der Waals surface area contributed by atoms with Crippen molar-refractivity contribution in [3.05, 3.63) is 48.0 Å². The van der Waals surface area contributed by atoms with Crippen LogP contribution >= 0.6 is 12.2 Å². The van der Waals surface area contributed by atoms with Gasteiger partial charge >= 0.3 is 0 Å². The third kappa shape index (κ3) is 3.64. The van der Waals surface area contributed by atoms with Crippen molar-refractivity contribution in [1.82, 2.24) is 0 Å². The summed E-state index contributed by atoms with van der Waals surface area (Å²) in [5.74, 6) is 2.12. The number of hydrogen-bond donors (Lipinski definition) is 1. The second-order valence-corrected chi connectivity index (χ2v) is 4.66. The molecule has 0 unspecified atom stereocenters. The minimum absolute atomic E-state index is 0.612. The Morgan fingerprint density at radius 1 is 0.857 bits per heavy atom. The lowest BCUT2D eigenvalue weighted by Gasteiger charge is -2.12. The molecule has 0 aliphatic carbocycles. The average Bonchev–Trinajstić information content (AvgIpc) is 2.54. The van der Waals surface area contributed by atoms with E-state index in [4.69, 9.17) is 26.4 Å². The van der Waals surface area contributed by atoms with Crippen molar-refractivity contribution in [2.45, 2.75) is 0 Å². The van der Waals surface area contributed by atoms with Crippen LogP contribution in [0.4, 0.5) is 5.69 Å². The van der Waals surface area contributed by atoms with Crippen molar-refractivity contribution in [2.24, 2.45) is 0 Å². The Labute approximate surface area is 129 Å². The van der Waals surface area contributed by atoms with Gasteiger partial charge in [-0.3, -0.25) is 0 Å². The summed E-state index contributed by atoms with van der Waals surface area (Å²) in [7, 11) is 4.84. The number of methoxy groups -OCH3 is 3. The molecule has 0 saturated carbocycles. The first kappa shape index (κ1) is 15.1. The summed E-state index contributed by atoms with van der Waals surface area (Å²) in [5.41, 5.74) is 1.76. The van der Waals surface area contributed by atoms with Crippen LogP contribution in [0.5, 0.6) is 17.2 Å². The molecule has 0 atom stereocenters. The normalized spacial score (nSPS) is 9.86. The van der Waals surface area contributed by atoms with Gasteiger partial charge in [0, 0.05) is 11.3 Å². The lowest BCUT2D eigenvalue weighted by atomic mass is 10.2. The van der Waals surface area contributed by atoms with Crippen LogP contribution in [-0.4, -0.2) is 26.3 Å². The van der Waals surface area contributed by atoms with Gasteiger partial charge in [0.2, 0.25) is 0 Å². The van der Waals surface area contributed by atoms with Crippen molar-refractivity contribution in [3.8, 4) is 17.2 Å². The van der Waals surface area contributed by atoms with Gasteiger partial charge in [-0.1, -0.05) is 12.2 Å². The fourth-order valence-corrected chi connectivity index (χ4v) is 2.10. The minimum Gasteiger partial charge on any atom is -0.497 e. The second-order valence-electron chi connectivity index (χ2n) is 4.25. The summed E-state index contributed by atoms with van der Waals surface area (Å²) in [4.78, 5) is 0.612. The van der Waals surface area contributed by atoms with Crippen LogP contribution in [0.25, 0.3) is 0 Å². The molecule has 0 aliphatic rings. The zero-order chi connectivity index (χ0) is 15.2. The minimum atomic E-state index is 0.612. The monoisotopic (exact) mass is 303 g/mol. The molecule has 2 aromatic rings. The van der Waals surface area contributed by atoms with Crippen LogP contribution < -0.4 is 19.5 Å². The topological polar surface area (TPSA) is 39.7 Å². The van der Waals surface area contributed by atoms with Crippen molar-refractivity contribution >= 4 is 22.9 Å². The molecule has 0 radical (unpaired) electrons. The number of hydrogen-bond acceptors (Lipinski definition) is 4. The van der Waals surface area contributed by atoms with Crippen molar-refractivity contribution in [2.75, 3.05) is 26.6 Å². The maximum absolute atomic E-state index is 5.41. The SMILES string of the molecule is COc1ccc(NC(=S)c2ccc(OC)c(OC)c2)cc1. The summed E-state index contributed by atoms with van der Waals surface area (Å²) in [6.45, 7) is 0. The highest BCUT2D eigenvalue weighted by Gasteiger charge is 2.08. The van der Waals surface area contributed by atoms with E-state index in [1.54, 1.807) is 21.3 Å². The van der Waals surface area contributed by atoms with Gasteiger partial charge in [-0.05, 0) is 42.5 Å². The summed E-state index contributed by atoms with van der Waals surface area (Å²) in [6.07, 6.45) is 0. The van der Waals surface area contributed by atoms with Crippen molar-refractivity contribution in [1.29, 1.82) is 0 Å². The molecule has 0 aromatic heterocycles. The number of rotatable bonds is 5. The number of benzene rings is 2. The van der Waals surface area contributed by atoms with Gasteiger partial charge in [0.15, 0.2) is 11.5 Å². The van der Waals surface area contributed by atoms with Gasteiger partial charge in [0.1, 0.15) is 10.7 Å². The van der Waals surface area contributed by atoms with Gasteiger partial charge < -0.3 is 19.5 Å². The summed E-state index contributed by atoms with van der Waals surface area (Å²) in [5, 5.41) is 3.18. The second kappa shape index (κ2) is 6.95. The Kier molecular flexibility index (Phi) is 5.00. The van der Waals surface area contributed by atoms with E-state index in [0.717, 1.165) is 17.0 Å². The molecule has 0 bridgehead atoms. The van der Waals surface area contributed by atoms with Crippen LogP contribution in [-0.2, 0) is 0 Å². The molecule has 0 spiro atoms. The first-order chi connectivity index (χ1) is 10.2. The molecule has 1 N–H and O–H groups in total. The Hall–Kier alpha value is -2.27. The highest BCUT2D eigenvalue weighted by Crippen LogP contribution is 2.28. The van der Waals surface area contributed by atoms with Crippen LogP contribution in [0.1, 0.15) is 5.56 Å². The predicted molar refractivity (Wildman–Crippen MR) is 87.9 cm³/mol. The third-order valence-electron chi connectivity index (χ3n) is 2.99. The summed E-state index contributed by atoms with van der Waals surface area (Å²) < 4.78 is 15.6. The molecule has 5 heteroatoms. The van der Waals surface area contributed by atoms with Crippen LogP contribution in [0.15, 0.2) is 42.5 Å². The molecule has 0 saturated heterocycles. The Morgan fingerprint density at radius 3 is 2.10 bits per heavy atom. The molecular weight excluding hydrogens is 286 g/mol. The molecule has 110 valence electrons. The molecule has 4 nitrogen and oxygen atoms in total.